The van der Waals surface area contributed by atoms with Crippen LogP contribution in [0.25, 0.3) is 0 Å². The Kier molecular flexibility index (Phi) is 4.76. The third-order valence-corrected chi connectivity index (χ3v) is 2.50. The number of benzene rings is 1. The molecule has 0 heterocycles. The molecule has 0 aromatic heterocycles. The largest absolute Gasteiger partial charge is 0.405 e. The monoisotopic (exact) mass is 259 g/mol. The lowest BCUT2D eigenvalue weighted by Gasteiger charge is -2.25. The molecule has 0 bridgehead atoms. The maximum absolute atomic E-state index is 12.4. The van der Waals surface area contributed by atoms with Crippen LogP contribution in [0.5, 0.6) is 0 Å². The van der Waals surface area contributed by atoms with Crippen LogP contribution < -0.4 is 4.90 Å². The first-order valence-corrected chi connectivity index (χ1v) is 5.76. The van der Waals surface area contributed by atoms with Crippen molar-refractivity contribution in [2.75, 3.05) is 18.0 Å². The van der Waals surface area contributed by atoms with Crippen LogP contribution in [0.1, 0.15) is 30.6 Å². The highest BCUT2D eigenvalue weighted by Crippen LogP contribution is 2.22. The lowest BCUT2D eigenvalue weighted by molar-refractivity contribution is -0.119. The van der Waals surface area contributed by atoms with Crippen molar-refractivity contribution in [3.63, 3.8) is 0 Å². The molecule has 0 atom stereocenters. The lowest BCUT2D eigenvalue weighted by Crippen LogP contribution is -2.34. The van der Waals surface area contributed by atoms with Gasteiger partial charge in [0.1, 0.15) is 6.54 Å². The summed E-state index contributed by atoms with van der Waals surface area (Å²) in [4.78, 5) is 12.4. The Morgan fingerprint density at radius 2 is 1.78 bits per heavy atom. The summed E-state index contributed by atoms with van der Waals surface area (Å²) in [5, 5.41) is 0. The number of carbonyl (C=O) groups is 1. The zero-order valence-corrected chi connectivity index (χ0v) is 10.4. The van der Waals surface area contributed by atoms with Gasteiger partial charge in [-0.25, -0.2) is 0 Å². The van der Waals surface area contributed by atoms with Gasteiger partial charge < -0.3 is 4.90 Å². The number of halogens is 3. The molecule has 5 heteroatoms. The van der Waals surface area contributed by atoms with E-state index in [1.54, 1.807) is 24.3 Å². The maximum atomic E-state index is 12.4. The number of hydrogen-bond acceptors (Lipinski definition) is 2. The first kappa shape index (κ1) is 14.5. The molecule has 100 valence electrons. The molecule has 0 radical (unpaired) electrons. The second-order valence-corrected chi connectivity index (χ2v) is 4.14. The highest BCUT2D eigenvalue weighted by molar-refractivity contribution is 5.94. The minimum Gasteiger partial charge on any atom is -0.363 e. The van der Waals surface area contributed by atoms with Crippen LogP contribution in [0.2, 0.25) is 0 Å². The zero-order chi connectivity index (χ0) is 13.8. The van der Waals surface area contributed by atoms with Crippen molar-refractivity contribution in [1.82, 2.24) is 0 Å². The Balaban J connectivity index is 2.88. The summed E-state index contributed by atoms with van der Waals surface area (Å²) in [7, 11) is 0. The number of alkyl halides is 3. The summed E-state index contributed by atoms with van der Waals surface area (Å²) in [6.45, 7) is 2.61. The molecule has 0 amide bonds. The molecule has 0 saturated carbocycles. The Bertz CT molecular complexity index is 398. The minimum atomic E-state index is -4.23. The van der Waals surface area contributed by atoms with E-state index in [0.717, 1.165) is 0 Å². The summed E-state index contributed by atoms with van der Waals surface area (Å²) in [6, 6.07) is 6.21. The molecule has 1 aromatic rings. The van der Waals surface area contributed by atoms with Crippen LogP contribution in [-0.4, -0.2) is 25.0 Å². The molecule has 1 rings (SSSR count). The van der Waals surface area contributed by atoms with Crippen LogP contribution in [0.15, 0.2) is 24.3 Å². The summed E-state index contributed by atoms with van der Waals surface area (Å²) < 4.78 is 37.3. The predicted molar refractivity (Wildman–Crippen MR) is 65.0 cm³/mol. The first-order valence-electron chi connectivity index (χ1n) is 5.76. The Morgan fingerprint density at radius 1 is 1.22 bits per heavy atom. The molecule has 0 unspecified atom stereocenters. The molecule has 0 aliphatic carbocycles. The minimum absolute atomic E-state index is 0.0978. The number of ketones is 1. The van der Waals surface area contributed by atoms with E-state index in [0.29, 0.717) is 24.2 Å². The second-order valence-electron chi connectivity index (χ2n) is 4.14. The third kappa shape index (κ3) is 4.39. The predicted octanol–water partition coefficient (Wildman–Crippen LogP) is 3.67. The van der Waals surface area contributed by atoms with E-state index in [1.807, 2.05) is 6.92 Å². The number of rotatable bonds is 5. The zero-order valence-electron chi connectivity index (χ0n) is 10.4. The smallest absolute Gasteiger partial charge is 0.363 e. The average molecular weight is 259 g/mol. The van der Waals surface area contributed by atoms with E-state index in [-0.39, 0.29) is 5.78 Å². The molecule has 0 aliphatic rings. The van der Waals surface area contributed by atoms with E-state index in [1.165, 1.54) is 11.8 Å². The number of anilines is 1. The van der Waals surface area contributed by atoms with Gasteiger partial charge in [-0.3, -0.25) is 4.79 Å². The number of nitrogens with zero attached hydrogens (tertiary/aromatic N) is 1. The normalized spacial score (nSPS) is 11.4. The molecule has 1 aromatic carbocycles. The Morgan fingerprint density at radius 3 is 2.17 bits per heavy atom. The van der Waals surface area contributed by atoms with Crippen LogP contribution in [-0.2, 0) is 0 Å². The molecule has 0 N–H and O–H groups in total. The summed E-state index contributed by atoms with van der Waals surface area (Å²) in [6.07, 6.45) is -3.60. The third-order valence-electron chi connectivity index (χ3n) is 2.50. The van der Waals surface area contributed by atoms with Crippen molar-refractivity contribution >= 4 is 11.5 Å². The van der Waals surface area contributed by atoms with Crippen molar-refractivity contribution in [1.29, 1.82) is 0 Å². The van der Waals surface area contributed by atoms with Gasteiger partial charge in [-0.1, -0.05) is 6.92 Å². The lowest BCUT2D eigenvalue weighted by atomic mass is 10.1. The molecule has 0 fully saturated rings. The number of Topliss-reactive ketones (excluding diaryl/α,β-unsaturated/α-hetero) is 1. The van der Waals surface area contributed by atoms with E-state index in [4.69, 9.17) is 0 Å². The van der Waals surface area contributed by atoms with Gasteiger partial charge in [-0.2, -0.15) is 13.2 Å². The van der Waals surface area contributed by atoms with E-state index in [2.05, 4.69) is 0 Å². The fourth-order valence-electron chi connectivity index (χ4n) is 1.69. The molecule has 0 saturated heterocycles. The van der Waals surface area contributed by atoms with Crippen molar-refractivity contribution in [3.05, 3.63) is 29.8 Å². The standard InChI is InChI=1S/C13H16F3NO/c1-3-8-17(9-13(14,15)16)12-6-4-11(5-7-12)10(2)18/h4-7H,3,8-9H2,1-2H3. The van der Waals surface area contributed by atoms with Crippen molar-refractivity contribution in [2.45, 2.75) is 26.4 Å². The number of carbonyl (C=O) groups excluding carboxylic acids is 1. The van der Waals surface area contributed by atoms with Gasteiger partial charge >= 0.3 is 6.18 Å². The fraction of sp³-hybridized carbons (Fsp3) is 0.462. The van der Waals surface area contributed by atoms with Gasteiger partial charge in [-0.15, -0.1) is 0 Å². The summed E-state index contributed by atoms with van der Waals surface area (Å²) >= 11 is 0. The first-order chi connectivity index (χ1) is 8.33. The van der Waals surface area contributed by atoms with E-state index < -0.39 is 12.7 Å². The molecular weight excluding hydrogens is 243 g/mol. The molecule has 18 heavy (non-hydrogen) atoms. The van der Waals surface area contributed by atoms with Crippen molar-refractivity contribution in [3.8, 4) is 0 Å². The maximum Gasteiger partial charge on any atom is 0.405 e. The van der Waals surface area contributed by atoms with Gasteiger partial charge in [-0.05, 0) is 37.6 Å². The van der Waals surface area contributed by atoms with Gasteiger partial charge in [0.05, 0.1) is 0 Å². The summed E-state index contributed by atoms with van der Waals surface area (Å²) in [5.41, 5.74) is 0.987. The van der Waals surface area contributed by atoms with Gasteiger partial charge in [0, 0.05) is 17.8 Å². The SMILES string of the molecule is CCCN(CC(F)(F)F)c1ccc(C(C)=O)cc1. The topological polar surface area (TPSA) is 20.3 Å². The van der Waals surface area contributed by atoms with Crippen LogP contribution in [0.4, 0.5) is 18.9 Å². The van der Waals surface area contributed by atoms with Crippen LogP contribution in [0, 0.1) is 0 Å². The van der Waals surface area contributed by atoms with E-state index >= 15 is 0 Å². The van der Waals surface area contributed by atoms with Gasteiger partial charge in [0.2, 0.25) is 0 Å². The fourth-order valence-corrected chi connectivity index (χ4v) is 1.69. The highest BCUT2D eigenvalue weighted by Gasteiger charge is 2.30. The second kappa shape index (κ2) is 5.89. The van der Waals surface area contributed by atoms with Crippen LogP contribution in [0.3, 0.4) is 0 Å². The molecule has 0 aliphatic heterocycles. The molecular formula is C13H16F3NO. The average Bonchev–Trinajstić information content (AvgIpc) is 2.27. The Labute approximate surface area is 104 Å². The molecule has 2 nitrogen and oxygen atoms in total. The quantitative estimate of drug-likeness (QED) is 0.752. The van der Waals surface area contributed by atoms with E-state index in [9.17, 15) is 18.0 Å². The van der Waals surface area contributed by atoms with Crippen molar-refractivity contribution in [2.24, 2.45) is 0 Å². The Hall–Kier alpha value is -1.52. The van der Waals surface area contributed by atoms with Crippen molar-refractivity contribution < 1.29 is 18.0 Å². The van der Waals surface area contributed by atoms with Gasteiger partial charge in [0.15, 0.2) is 5.78 Å². The molecule has 0 spiro atoms. The van der Waals surface area contributed by atoms with Crippen LogP contribution >= 0.6 is 0 Å². The van der Waals surface area contributed by atoms with Gasteiger partial charge in [0.25, 0.3) is 0 Å². The highest BCUT2D eigenvalue weighted by atomic mass is 19.4. The summed E-state index contributed by atoms with van der Waals surface area (Å²) in [5.74, 6) is -0.0978. The number of hydrogen-bond donors (Lipinski definition) is 0.